The fourth-order valence-corrected chi connectivity index (χ4v) is 2.86. The van der Waals surface area contributed by atoms with Crippen molar-refractivity contribution in [3.8, 4) is 11.5 Å². The molecule has 0 saturated carbocycles. The Balaban J connectivity index is 2.87. The number of hydrogen-bond donors (Lipinski definition) is 2. The number of hydrogen-bond acceptors (Lipinski definition) is 3. The summed E-state index contributed by atoms with van der Waals surface area (Å²) in [6.07, 6.45) is 0. The molecule has 0 aliphatic heterocycles. The summed E-state index contributed by atoms with van der Waals surface area (Å²) in [5, 5.41) is 21.4. The van der Waals surface area contributed by atoms with Crippen LogP contribution < -0.4 is 0 Å². The van der Waals surface area contributed by atoms with Crippen LogP contribution in [-0.4, -0.2) is 10.2 Å². The number of phenols is 2. The third kappa shape index (κ3) is 1.15. The third-order valence-corrected chi connectivity index (χ3v) is 3.88. The highest BCUT2D eigenvalue weighted by molar-refractivity contribution is 14.1. The second-order valence-electron chi connectivity index (χ2n) is 2.42. The predicted molar refractivity (Wildman–Crippen MR) is 57.9 cm³/mol. The van der Waals surface area contributed by atoms with Crippen LogP contribution >= 0.6 is 33.9 Å². The lowest BCUT2D eigenvalue weighted by molar-refractivity contribution is 0.405. The van der Waals surface area contributed by atoms with Gasteiger partial charge in [0.1, 0.15) is 0 Å². The molecule has 2 nitrogen and oxygen atoms in total. The zero-order valence-electron chi connectivity index (χ0n) is 5.91. The van der Waals surface area contributed by atoms with Gasteiger partial charge in [0.15, 0.2) is 11.5 Å². The van der Waals surface area contributed by atoms with Crippen molar-refractivity contribution in [2.75, 3.05) is 0 Å². The van der Waals surface area contributed by atoms with E-state index >= 15 is 0 Å². The van der Waals surface area contributed by atoms with Crippen molar-refractivity contribution in [2.24, 2.45) is 0 Å². The van der Waals surface area contributed by atoms with Crippen LogP contribution in [0.15, 0.2) is 17.5 Å². The van der Waals surface area contributed by atoms with E-state index in [2.05, 4.69) is 22.6 Å². The number of phenolic OH excluding ortho intramolecular Hbond substituents is 2. The summed E-state index contributed by atoms with van der Waals surface area (Å²) >= 11 is 3.76. The number of halogens is 1. The highest BCUT2D eigenvalue weighted by atomic mass is 127. The van der Waals surface area contributed by atoms with E-state index in [0.717, 1.165) is 13.7 Å². The van der Waals surface area contributed by atoms with Crippen molar-refractivity contribution in [1.29, 1.82) is 0 Å². The number of thiophene rings is 1. The Morgan fingerprint density at radius 2 is 1.83 bits per heavy atom. The van der Waals surface area contributed by atoms with Crippen molar-refractivity contribution < 1.29 is 10.2 Å². The molecule has 1 aromatic heterocycles. The molecule has 2 rings (SSSR count). The molecule has 0 amide bonds. The van der Waals surface area contributed by atoms with Crippen LogP contribution in [0.25, 0.3) is 10.1 Å². The molecule has 0 radical (unpaired) electrons. The van der Waals surface area contributed by atoms with Crippen LogP contribution in [0.2, 0.25) is 0 Å². The molecule has 62 valence electrons. The van der Waals surface area contributed by atoms with E-state index in [4.69, 9.17) is 0 Å². The third-order valence-electron chi connectivity index (χ3n) is 1.62. The summed E-state index contributed by atoms with van der Waals surface area (Å²) in [4.78, 5) is 0. The van der Waals surface area contributed by atoms with Crippen LogP contribution in [0.1, 0.15) is 0 Å². The minimum Gasteiger partial charge on any atom is -0.504 e. The minimum absolute atomic E-state index is 0.0549. The number of rotatable bonds is 0. The van der Waals surface area contributed by atoms with Gasteiger partial charge in [-0.1, -0.05) is 0 Å². The van der Waals surface area contributed by atoms with E-state index in [1.807, 2.05) is 5.38 Å². The van der Waals surface area contributed by atoms with Crippen LogP contribution in [0.3, 0.4) is 0 Å². The fourth-order valence-electron chi connectivity index (χ4n) is 1.02. The lowest BCUT2D eigenvalue weighted by Crippen LogP contribution is -1.69. The second kappa shape index (κ2) is 2.77. The van der Waals surface area contributed by atoms with Gasteiger partial charge in [0.2, 0.25) is 0 Å². The van der Waals surface area contributed by atoms with E-state index < -0.39 is 0 Å². The summed E-state index contributed by atoms with van der Waals surface area (Å²) in [6, 6.07) is 3.17. The van der Waals surface area contributed by atoms with Gasteiger partial charge in [-0.15, -0.1) is 11.3 Å². The van der Waals surface area contributed by atoms with Crippen molar-refractivity contribution in [2.45, 2.75) is 0 Å². The smallest absolute Gasteiger partial charge is 0.158 e. The second-order valence-corrected chi connectivity index (χ2v) is 4.49. The first-order valence-corrected chi connectivity index (χ1v) is 5.23. The lowest BCUT2D eigenvalue weighted by atomic mass is 10.2. The maximum absolute atomic E-state index is 9.21. The van der Waals surface area contributed by atoms with Gasteiger partial charge in [0.25, 0.3) is 0 Å². The Labute approximate surface area is 86.6 Å². The van der Waals surface area contributed by atoms with Crippen molar-refractivity contribution in [3.63, 3.8) is 0 Å². The summed E-state index contributed by atoms with van der Waals surface area (Å²) in [6.45, 7) is 0. The van der Waals surface area contributed by atoms with E-state index in [1.54, 1.807) is 23.5 Å². The van der Waals surface area contributed by atoms with Gasteiger partial charge in [-0.25, -0.2) is 0 Å². The molecule has 4 heteroatoms. The van der Waals surface area contributed by atoms with Crippen molar-refractivity contribution >= 4 is 44.0 Å². The highest BCUT2D eigenvalue weighted by Crippen LogP contribution is 2.35. The SMILES string of the molecule is Oc1cc2scc(I)c2cc1O. The standard InChI is InChI=1S/C8H5IO2S/c9-5-3-12-8-2-7(11)6(10)1-4(5)8/h1-3,10-11H. The molecule has 12 heavy (non-hydrogen) atoms. The Bertz CT molecular complexity index is 436. The summed E-state index contributed by atoms with van der Waals surface area (Å²) in [5.74, 6) is -0.112. The number of aromatic hydroxyl groups is 2. The molecule has 0 aliphatic carbocycles. The topological polar surface area (TPSA) is 40.5 Å². The van der Waals surface area contributed by atoms with E-state index in [1.165, 1.54) is 0 Å². The Hall–Kier alpha value is -0.490. The molecule has 0 atom stereocenters. The largest absolute Gasteiger partial charge is 0.504 e. The maximum Gasteiger partial charge on any atom is 0.158 e. The molecule has 0 aliphatic rings. The van der Waals surface area contributed by atoms with Gasteiger partial charge in [-0.2, -0.15) is 0 Å². The molecule has 1 heterocycles. The zero-order valence-corrected chi connectivity index (χ0v) is 8.89. The monoisotopic (exact) mass is 292 g/mol. The average molecular weight is 292 g/mol. The Kier molecular flexibility index (Phi) is 1.88. The van der Waals surface area contributed by atoms with Gasteiger partial charge in [-0.05, 0) is 28.7 Å². The summed E-state index contributed by atoms with van der Waals surface area (Å²) in [5.41, 5.74) is 0. The van der Waals surface area contributed by atoms with Crippen molar-refractivity contribution in [1.82, 2.24) is 0 Å². The Morgan fingerprint density at radius 3 is 2.58 bits per heavy atom. The first-order valence-electron chi connectivity index (χ1n) is 3.27. The molecule has 0 bridgehead atoms. The van der Waals surface area contributed by atoms with Gasteiger partial charge in [0, 0.05) is 25.1 Å². The number of fused-ring (bicyclic) bond motifs is 1. The van der Waals surface area contributed by atoms with Crippen LogP contribution in [0.4, 0.5) is 0 Å². The van der Waals surface area contributed by atoms with Gasteiger partial charge in [0.05, 0.1) is 0 Å². The van der Waals surface area contributed by atoms with Gasteiger partial charge >= 0.3 is 0 Å². The quantitative estimate of drug-likeness (QED) is 0.579. The van der Waals surface area contributed by atoms with Crippen molar-refractivity contribution in [3.05, 3.63) is 21.1 Å². The summed E-state index contributed by atoms with van der Waals surface area (Å²) in [7, 11) is 0. The first-order chi connectivity index (χ1) is 5.68. The molecule has 0 fully saturated rings. The lowest BCUT2D eigenvalue weighted by Gasteiger charge is -1.96. The van der Waals surface area contributed by atoms with E-state index in [0.29, 0.717) is 0 Å². The van der Waals surface area contributed by atoms with Crippen LogP contribution in [0.5, 0.6) is 11.5 Å². The van der Waals surface area contributed by atoms with Crippen LogP contribution in [0, 0.1) is 3.57 Å². The molecule has 2 N–H and O–H groups in total. The molecule has 0 spiro atoms. The summed E-state index contributed by atoms with van der Waals surface area (Å²) < 4.78 is 2.10. The van der Waals surface area contributed by atoms with Gasteiger partial charge in [-0.3, -0.25) is 0 Å². The normalized spacial score (nSPS) is 10.8. The molecule has 2 aromatic rings. The predicted octanol–water partition coefficient (Wildman–Crippen LogP) is 2.92. The van der Waals surface area contributed by atoms with E-state index in [-0.39, 0.29) is 11.5 Å². The molecular weight excluding hydrogens is 287 g/mol. The molecular formula is C8H5IO2S. The Morgan fingerprint density at radius 1 is 1.17 bits per heavy atom. The zero-order chi connectivity index (χ0) is 8.72. The minimum atomic E-state index is -0.0567. The highest BCUT2D eigenvalue weighted by Gasteiger charge is 2.05. The molecule has 1 aromatic carbocycles. The molecule has 0 unspecified atom stereocenters. The first kappa shape index (κ1) is 8.12. The molecule has 0 saturated heterocycles. The average Bonchev–Trinajstić information content (AvgIpc) is 2.35. The maximum atomic E-state index is 9.21. The van der Waals surface area contributed by atoms with Crippen LogP contribution in [-0.2, 0) is 0 Å². The number of benzene rings is 1. The van der Waals surface area contributed by atoms with Gasteiger partial charge < -0.3 is 10.2 Å². The van der Waals surface area contributed by atoms with E-state index in [9.17, 15) is 10.2 Å². The fraction of sp³-hybridized carbons (Fsp3) is 0.